The van der Waals surface area contributed by atoms with Gasteiger partial charge in [0.15, 0.2) is 0 Å². The standard InChI is InChI=1S/C13H14ClN3/c1-10(11-4-2-5-12(14)8-11)15-9-13-6-3-7-16-17-13/h2-8,10,15H,9H2,1H3. The molecule has 0 aliphatic heterocycles. The van der Waals surface area contributed by atoms with E-state index in [0.717, 1.165) is 10.7 Å². The van der Waals surface area contributed by atoms with Crippen LogP contribution < -0.4 is 5.32 Å². The predicted molar refractivity (Wildman–Crippen MR) is 68.7 cm³/mol. The van der Waals surface area contributed by atoms with Crippen LogP contribution in [0.1, 0.15) is 24.2 Å². The van der Waals surface area contributed by atoms with Crippen molar-refractivity contribution >= 4 is 11.6 Å². The van der Waals surface area contributed by atoms with E-state index in [0.29, 0.717) is 6.54 Å². The van der Waals surface area contributed by atoms with Crippen LogP contribution >= 0.6 is 11.6 Å². The topological polar surface area (TPSA) is 37.8 Å². The molecule has 4 heteroatoms. The van der Waals surface area contributed by atoms with Crippen molar-refractivity contribution in [2.45, 2.75) is 19.5 Å². The molecule has 2 aromatic rings. The summed E-state index contributed by atoms with van der Waals surface area (Å²) in [7, 11) is 0. The minimum Gasteiger partial charge on any atom is -0.304 e. The number of nitrogens with zero attached hydrogens (tertiary/aromatic N) is 2. The number of nitrogens with one attached hydrogen (secondary N) is 1. The van der Waals surface area contributed by atoms with Gasteiger partial charge in [-0.3, -0.25) is 0 Å². The summed E-state index contributed by atoms with van der Waals surface area (Å²) in [6.07, 6.45) is 1.67. The van der Waals surface area contributed by atoms with Crippen molar-refractivity contribution in [2.24, 2.45) is 0 Å². The van der Waals surface area contributed by atoms with Crippen LogP contribution in [-0.2, 0) is 6.54 Å². The lowest BCUT2D eigenvalue weighted by molar-refractivity contribution is 0.564. The van der Waals surface area contributed by atoms with E-state index >= 15 is 0 Å². The number of aromatic nitrogens is 2. The number of hydrogen-bond donors (Lipinski definition) is 1. The summed E-state index contributed by atoms with van der Waals surface area (Å²) >= 11 is 5.96. The summed E-state index contributed by atoms with van der Waals surface area (Å²) in [4.78, 5) is 0. The summed E-state index contributed by atoms with van der Waals surface area (Å²) in [5.41, 5.74) is 2.10. The smallest absolute Gasteiger partial charge is 0.0769 e. The lowest BCUT2D eigenvalue weighted by atomic mass is 10.1. The maximum absolute atomic E-state index is 5.96. The molecule has 0 saturated heterocycles. The van der Waals surface area contributed by atoms with Crippen molar-refractivity contribution in [3.8, 4) is 0 Å². The van der Waals surface area contributed by atoms with Gasteiger partial charge < -0.3 is 5.32 Å². The Kier molecular flexibility index (Phi) is 4.07. The fraction of sp³-hybridized carbons (Fsp3) is 0.231. The second-order valence-corrected chi connectivity index (χ2v) is 4.31. The molecule has 1 heterocycles. The Bertz CT molecular complexity index is 473. The normalized spacial score (nSPS) is 12.4. The van der Waals surface area contributed by atoms with Gasteiger partial charge in [-0.05, 0) is 36.8 Å². The van der Waals surface area contributed by atoms with Crippen LogP contribution in [0.5, 0.6) is 0 Å². The lowest BCUT2D eigenvalue weighted by Gasteiger charge is -2.13. The molecule has 1 N–H and O–H groups in total. The molecule has 1 atom stereocenters. The van der Waals surface area contributed by atoms with Gasteiger partial charge in [-0.25, -0.2) is 0 Å². The fourth-order valence-corrected chi connectivity index (χ4v) is 1.78. The van der Waals surface area contributed by atoms with E-state index in [-0.39, 0.29) is 6.04 Å². The highest BCUT2D eigenvalue weighted by atomic mass is 35.5. The van der Waals surface area contributed by atoms with E-state index in [4.69, 9.17) is 11.6 Å². The monoisotopic (exact) mass is 247 g/mol. The van der Waals surface area contributed by atoms with E-state index in [1.165, 1.54) is 5.56 Å². The van der Waals surface area contributed by atoms with Gasteiger partial charge in [0.1, 0.15) is 0 Å². The van der Waals surface area contributed by atoms with Gasteiger partial charge in [0, 0.05) is 23.8 Å². The van der Waals surface area contributed by atoms with E-state index in [1.807, 2.05) is 30.3 Å². The molecule has 1 aromatic carbocycles. The Morgan fingerprint density at radius 1 is 1.29 bits per heavy atom. The van der Waals surface area contributed by atoms with Crippen LogP contribution in [0.15, 0.2) is 42.6 Å². The fourth-order valence-electron chi connectivity index (χ4n) is 1.58. The SMILES string of the molecule is CC(NCc1cccnn1)c1cccc(Cl)c1. The van der Waals surface area contributed by atoms with Gasteiger partial charge in [-0.2, -0.15) is 10.2 Å². The van der Waals surface area contributed by atoms with Crippen LogP contribution in [0.25, 0.3) is 0 Å². The van der Waals surface area contributed by atoms with Gasteiger partial charge in [-0.1, -0.05) is 23.7 Å². The highest BCUT2D eigenvalue weighted by Gasteiger charge is 2.05. The Morgan fingerprint density at radius 3 is 2.88 bits per heavy atom. The number of benzene rings is 1. The van der Waals surface area contributed by atoms with E-state index in [1.54, 1.807) is 6.20 Å². The third-order valence-corrected chi connectivity index (χ3v) is 2.80. The summed E-state index contributed by atoms with van der Waals surface area (Å²) < 4.78 is 0. The second-order valence-electron chi connectivity index (χ2n) is 3.87. The quantitative estimate of drug-likeness (QED) is 0.903. The minimum absolute atomic E-state index is 0.232. The molecule has 0 amide bonds. The maximum Gasteiger partial charge on any atom is 0.0769 e. The highest BCUT2D eigenvalue weighted by Crippen LogP contribution is 2.17. The zero-order valence-electron chi connectivity index (χ0n) is 9.60. The Morgan fingerprint density at radius 2 is 2.18 bits per heavy atom. The first kappa shape index (κ1) is 12.0. The van der Waals surface area contributed by atoms with Crippen molar-refractivity contribution < 1.29 is 0 Å². The molecule has 3 nitrogen and oxygen atoms in total. The van der Waals surface area contributed by atoms with E-state index in [9.17, 15) is 0 Å². The molecule has 0 bridgehead atoms. The first-order valence-corrected chi connectivity index (χ1v) is 5.89. The summed E-state index contributed by atoms with van der Waals surface area (Å²) in [6, 6.07) is 11.9. The summed E-state index contributed by atoms with van der Waals surface area (Å²) in [6.45, 7) is 2.80. The molecule has 0 fully saturated rings. The van der Waals surface area contributed by atoms with Crippen LogP contribution in [-0.4, -0.2) is 10.2 Å². The summed E-state index contributed by atoms with van der Waals surface area (Å²) in [5, 5.41) is 12.0. The molecule has 1 unspecified atom stereocenters. The third kappa shape index (κ3) is 3.51. The zero-order valence-corrected chi connectivity index (χ0v) is 10.4. The van der Waals surface area contributed by atoms with E-state index < -0.39 is 0 Å². The number of hydrogen-bond acceptors (Lipinski definition) is 3. The third-order valence-electron chi connectivity index (χ3n) is 2.57. The first-order chi connectivity index (χ1) is 8.25. The van der Waals surface area contributed by atoms with Crippen molar-refractivity contribution in [2.75, 3.05) is 0 Å². The highest BCUT2D eigenvalue weighted by molar-refractivity contribution is 6.30. The van der Waals surface area contributed by atoms with Gasteiger partial charge in [0.05, 0.1) is 5.69 Å². The van der Waals surface area contributed by atoms with Gasteiger partial charge >= 0.3 is 0 Å². The molecule has 1 aromatic heterocycles. The number of rotatable bonds is 4. The molecule has 0 radical (unpaired) electrons. The Labute approximate surface area is 106 Å². The largest absolute Gasteiger partial charge is 0.304 e. The van der Waals surface area contributed by atoms with Crippen molar-refractivity contribution in [3.63, 3.8) is 0 Å². The second kappa shape index (κ2) is 5.75. The molecule has 0 aliphatic carbocycles. The molecular weight excluding hydrogens is 234 g/mol. The molecule has 2 rings (SSSR count). The molecule has 88 valence electrons. The predicted octanol–water partition coefficient (Wildman–Crippen LogP) is 2.98. The Balaban J connectivity index is 1.96. The maximum atomic E-state index is 5.96. The van der Waals surface area contributed by atoms with Crippen molar-refractivity contribution in [1.29, 1.82) is 0 Å². The minimum atomic E-state index is 0.232. The van der Waals surface area contributed by atoms with Gasteiger partial charge in [0.25, 0.3) is 0 Å². The van der Waals surface area contributed by atoms with E-state index in [2.05, 4.69) is 28.5 Å². The van der Waals surface area contributed by atoms with Crippen molar-refractivity contribution in [3.05, 3.63) is 58.9 Å². The Hall–Kier alpha value is -1.45. The molecule has 17 heavy (non-hydrogen) atoms. The zero-order chi connectivity index (χ0) is 12.1. The summed E-state index contributed by atoms with van der Waals surface area (Å²) in [5.74, 6) is 0. The first-order valence-electron chi connectivity index (χ1n) is 5.51. The van der Waals surface area contributed by atoms with Crippen LogP contribution in [0, 0.1) is 0 Å². The molecular formula is C13H14ClN3. The van der Waals surface area contributed by atoms with Gasteiger partial charge in [0.2, 0.25) is 0 Å². The van der Waals surface area contributed by atoms with Crippen molar-refractivity contribution in [1.82, 2.24) is 15.5 Å². The van der Waals surface area contributed by atoms with Crippen LogP contribution in [0.2, 0.25) is 5.02 Å². The average molecular weight is 248 g/mol. The van der Waals surface area contributed by atoms with Crippen LogP contribution in [0.4, 0.5) is 0 Å². The number of halogens is 1. The van der Waals surface area contributed by atoms with Crippen LogP contribution in [0.3, 0.4) is 0 Å². The lowest BCUT2D eigenvalue weighted by Crippen LogP contribution is -2.18. The molecule has 0 spiro atoms. The van der Waals surface area contributed by atoms with Gasteiger partial charge in [-0.15, -0.1) is 0 Å². The molecule has 0 aliphatic rings. The molecule has 0 saturated carbocycles. The average Bonchev–Trinajstić information content (AvgIpc) is 2.37.